The predicted octanol–water partition coefficient (Wildman–Crippen LogP) is 7.48. The molecule has 0 aliphatic carbocycles. The van der Waals surface area contributed by atoms with Gasteiger partial charge >= 0.3 is 6.18 Å². The van der Waals surface area contributed by atoms with Gasteiger partial charge in [0.2, 0.25) is 0 Å². The highest BCUT2D eigenvalue weighted by Crippen LogP contribution is 2.44. The Hall–Kier alpha value is -3.56. The lowest BCUT2D eigenvalue weighted by atomic mass is 9.96. The first-order chi connectivity index (χ1) is 14.5. The van der Waals surface area contributed by atoms with Gasteiger partial charge in [0.25, 0.3) is 0 Å². The number of fused-ring (bicyclic) bond motifs is 4. The first kappa shape index (κ1) is 17.3. The Labute approximate surface area is 172 Å². The second kappa shape index (κ2) is 5.74. The molecule has 0 radical (unpaired) electrons. The van der Waals surface area contributed by atoms with Gasteiger partial charge in [-0.25, -0.2) is 0 Å². The van der Waals surface area contributed by atoms with Crippen molar-refractivity contribution in [3.63, 3.8) is 0 Å². The lowest BCUT2D eigenvalue weighted by molar-refractivity contribution is -0.137. The molecule has 2 aliphatic rings. The molecule has 6 rings (SSSR count). The minimum absolute atomic E-state index is 0.561. The monoisotopic (exact) mass is 416 g/mol. The lowest BCUT2D eigenvalue weighted by Crippen LogP contribution is -2.07. The molecule has 2 aliphatic heterocycles. The minimum Gasteiger partial charge on any atom is -0.306 e. The maximum Gasteiger partial charge on any atom is 0.416 e. The molecule has 0 aromatic heterocycles. The number of hydrogen-bond donors (Lipinski definition) is 0. The zero-order valence-electron chi connectivity index (χ0n) is 15.3. The van der Waals surface area contributed by atoms with Crippen LogP contribution in [0.5, 0.6) is 0 Å². The number of benzene rings is 4. The van der Waals surface area contributed by atoms with Gasteiger partial charge in [-0.05, 0) is 41.8 Å². The van der Waals surface area contributed by atoms with Crippen LogP contribution in [0.1, 0.15) is 11.1 Å². The standard InChI is InChI=1S/C24H11F3N2S/c25-24(26,27)14-8-10-18-21(11-14)30-20-6-2-5-17-16-4-1-3-15-13(12-28)7-9-19(22(15)16)29(18)23(17)20/h1-11H. The predicted molar refractivity (Wildman–Crippen MR) is 115 cm³/mol. The summed E-state index contributed by atoms with van der Waals surface area (Å²) in [5.41, 5.74) is 2.48. The van der Waals surface area contributed by atoms with E-state index in [2.05, 4.69) is 6.07 Å². The summed E-state index contributed by atoms with van der Waals surface area (Å²) in [7, 11) is 0. The van der Waals surface area contributed by atoms with Crippen LogP contribution in [-0.2, 0) is 6.18 Å². The van der Waals surface area contributed by atoms with Crippen molar-refractivity contribution >= 4 is 53.3 Å². The molecule has 6 heteroatoms. The number of halogens is 3. The van der Waals surface area contributed by atoms with E-state index in [4.69, 9.17) is 0 Å². The van der Waals surface area contributed by atoms with Crippen LogP contribution >= 0.6 is 11.3 Å². The number of nitrogens with zero attached hydrogens (tertiary/aromatic N) is 2. The summed E-state index contributed by atoms with van der Waals surface area (Å²) < 4.78 is 43.5. The van der Waals surface area contributed by atoms with Crippen LogP contribution in [0.3, 0.4) is 0 Å². The van der Waals surface area contributed by atoms with Gasteiger partial charge in [-0.3, -0.25) is 0 Å². The molecule has 0 unspecified atom stereocenters. The zero-order valence-corrected chi connectivity index (χ0v) is 16.1. The van der Waals surface area contributed by atoms with Gasteiger partial charge in [-0.1, -0.05) is 30.3 Å². The normalized spacial score (nSPS) is 12.5. The minimum atomic E-state index is -4.39. The van der Waals surface area contributed by atoms with Gasteiger partial charge in [0, 0.05) is 16.2 Å². The summed E-state index contributed by atoms with van der Waals surface area (Å²) in [6.45, 7) is 0. The fourth-order valence-electron chi connectivity index (χ4n) is 4.40. The fraction of sp³-hybridized carbons (Fsp3) is 0.0417. The van der Waals surface area contributed by atoms with Crippen molar-refractivity contribution < 1.29 is 13.2 Å². The summed E-state index contributed by atoms with van der Waals surface area (Å²) in [6.07, 6.45) is -4.39. The highest BCUT2D eigenvalue weighted by atomic mass is 32.1. The highest BCUT2D eigenvalue weighted by Gasteiger charge is 2.31. The van der Waals surface area contributed by atoms with E-state index in [0.717, 1.165) is 43.5 Å². The Kier molecular flexibility index (Phi) is 3.31. The lowest BCUT2D eigenvalue weighted by Gasteiger charge is -2.23. The van der Waals surface area contributed by atoms with Crippen molar-refractivity contribution in [3.8, 4) is 11.8 Å². The van der Waals surface area contributed by atoms with Crippen molar-refractivity contribution in [2.75, 3.05) is 0 Å². The quantitative estimate of drug-likeness (QED) is 0.186. The molecule has 30 heavy (non-hydrogen) atoms. The van der Waals surface area contributed by atoms with E-state index < -0.39 is 11.7 Å². The summed E-state index contributed by atoms with van der Waals surface area (Å²) in [4.78, 5) is 0. The third-order valence-corrected chi connectivity index (χ3v) is 6.74. The third kappa shape index (κ3) is 2.18. The molecule has 0 saturated heterocycles. The van der Waals surface area contributed by atoms with E-state index >= 15 is 0 Å². The van der Waals surface area contributed by atoms with Crippen LogP contribution < -0.4 is 0 Å². The highest BCUT2D eigenvalue weighted by molar-refractivity contribution is 7.24. The number of nitriles is 1. The van der Waals surface area contributed by atoms with Gasteiger partial charge < -0.3 is 4.57 Å². The van der Waals surface area contributed by atoms with Crippen LogP contribution in [-0.4, -0.2) is 4.57 Å². The topological polar surface area (TPSA) is 28.7 Å². The molecule has 0 bridgehead atoms. The Bertz CT molecular complexity index is 1650. The van der Waals surface area contributed by atoms with Crippen molar-refractivity contribution in [1.82, 2.24) is 4.57 Å². The average Bonchev–Trinajstić information content (AvgIpc) is 2.75. The van der Waals surface area contributed by atoms with Gasteiger partial charge in [-0.2, -0.15) is 18.4 Å². The van der Waals surface area contributed by atoms with Crippen LogP contribution in [0, 0.1) is 11.3 Å². The molecule has 0 spiro atoms. The van der Waals surface area contributed by atoms with Gasteiger partial charge in [0.1, 0.15) is 0 Å². The number of alkyl halides is 3. The van der Waals surface area contributed by atoms with E-state index in [0.29, 0.717) is 15.8 Å². The summed E-state index contributed by atoms with van der Waals surface area (Å²) in [5, 5.41) is 13.4. The molecular formula is C24H11F3N2S. The molecule has 0 atom stereocenters. The number of hydrogen-bond acceptors (Lipinski definition) is 2. The smallest absolute Gasteiger partial charge is 0.306 e. The summed E-state index contributed by atoms with van der Waals surface area (Å²) >= 11 is 1.36. The third-order valence-electron chi connectivity index (χ3n) is 5.64. The molecule has 0 saturated carbocycles. The van der Waals surface area contributed by atoms with Crippen LogP contribution in [0.25, 0.3) is 47.7 Å². The largest absolute Gasteiger partial charge is 0.416 e. The van der Waals surface area contributed by atoms with Crippen molar-refractivity contribution in [2.24, 2.45) is 0 Å². The van der Waals surface area contributed by atoms with Gasteiger partial charge in [-0.15, -0.1) is 11.3 Å². The molecule has 0 amide bonds. The Morgan fingerprint density at radius 3 is 2.33 bits per heavy atom. The summed E-state index contributed by atoms with van der Waals surface area (Å²) in [5.74, 6) is 0. The van der Waals surface area contributed by atoms with Crippen molar-refractivity contribution in [2.45, 2.75) is 6.18 Å². The van der Waals surface area contributed by atoms with Crippen LogP contribution in [0.4, 0.5) is 13.2 Å². The molecular weight excluding hydrogens is 405 g/mol. The van der Waals surface area contributed by atoms with Gasteiger partial charge in [0.05, 0.1) is 43.3 Å². The Balaban J connectivity index is 1.94. The number of aromatic nitrogens is 1. The first-order valence-electron chi connectivity index (χ1n) is 9.26. The van der Waals surface area contributed by atoms with Crippen LogP contribution in [0.15, 0.2) is 66.7 Å². The van der Waals surface area contributed by atoms with Gasteiger partial charge in [0.15, 0.2) is 0 Å². The van der Waals surface area contributed by atoms with Crippen LogP contribution in [0.2, 0.25) is 0 Å². The van der Waals surface area contributed by atoms with E-state index in [9.17, 15) is 18.4 Å². The molecule has 2 nitrogen and oxygen atoms in total. The fourth-order valence-corrected chi connectivity index (χ4v) is 5.53. The average molecular weight is 416 g/mol. The van der Waals surface area contributed by atoms with E-state index in [1.807, 2.05) is 47.0 Å². The number of para-hydroxylation sites is 1. The summed E-state index contributed by atoms with van der Waals surface area (Å²) in [6, 6.07) is 21.6. The molecule has 0 N–H and O–H groups in total. The molecule has 2 heterocycles. The van der Waals surface area contributed by atoms with E-state index in [-0.39, 0.29) is 0 Å². The SMILES string of the molecule is N#Cc1ccc2c3c1cccc3c1cccc3sc4cc(C(F)(F)F)ccc4n2-c31. The molecule has 144 valence electrons. The van der Waals surface area contributed by atoms with E-state index in [1.54, 1.807) is 12.1 Å². The zero-order chi connectivity index (χ0) is 20.6. The van der Waals surface area contributed by atoms with E-state index in [1.165, 1.54) is 17.4 Å². The van der Waals surface area contributed by atoms with Crippen molar-refractivity contribution in [1.29, 1.82) is 5.26 Å². The van der Waals surface area contributed by atoms with Crippen molar-refractivity contribution in [3.05, 3.63) is 77.9 Å². The molecule has 4 aromatic rings. The Morgan fingerprint density at radius 1 is 0.800 bits per heavy atom. The first-order valence-corrected chi connectivity index (χ1v) is 10.1. The second-order valence-corrected chi connectivity index (χ2v) is 8.33. The second-order valence-electron chi connectivity index (χ2n) is 7.24. The molecule has 4 aromatic carbocycles. The number of pyridine rings is 1. The molecule has 0 fully saturated rings. The maximum atomic E-state index is 13.3. The Morgan fingerprint density at radius 2 is 1.53 bits per heavy atom. The maximum absolute atomic E-state index is 13.3. The number of rotatable bonds is 0.